The Labute approximate surface area is 174 Å². The number of nitrogens with zero attached hydrogens (tertiary/aromatic N) is 3. The molecule has 0 spiro atoms. The molecule has 1 unspecified atom stereocenters. The summed E-state index contributed by atoms with van der Waals surface area (Å²) in [7, 11) is 5.30. The smallest absolute Gasteiger partial charge is 0.274 e. The first-order valence-electron chi connectivity index (χ1n) is 10.6. The van der Waals surface area contributed by atoms with Gasteiger partial charge in [-0.15, -0.1) is 0 Å². The highest BCUT2D eigenvalue weighted by Crippen LogP contribution is 2.26. The van der Waals surface area contributed by atoms with E-state index in [0.29, 0.717) is 17.7 Å². The fraction of sp³-hybridized carbons (Fsp3) is 0.565. The summed E-state index contributed by atoms with van der Waals surface area (Å²) in [6.45, 7) is 6.12. The molecule has 29 heavy (non-hydrogen) atoms. The molecule has 158 valence electrons. The minimum atomic E-state index is -0.00146. The molecule has 1 aliphatic rings. The first-order valence-corrected chi connectivity index (χ1v) is 10.6. The van der Waals surface area contributed by atoms with Crippen molar-refractivity contribution in [3.8, 4) is 5.75 Å². The molecule has 0 bridgehead atoms. The van der Waals surface area contributed by atoms with Crippen molar-refractivity contribution in [1.29, 1.82) is 0 Å². The van der Waals surface area contributed by atoms with Gasteiger partial charge in [0.05, 0.1) is 7.11 Å². The predicted octanol–water partition coefficient (Wildman–Crippen LogP) is 2.94. The van der Waals surface area contributed by atoms with E-state index in [1.54, 1.807) is 26.1 Å². The SMILES string of the molecule is COc1ccccc1CCNC1CCc2c(c(C(=O)N(C)C)nn2CC(C)C)C1. The molecular formula is C23H34N4O2. The summed E-state index contributed by atoms with van der Waals surface area (Å²) in [5, 5.41) is 8.41. The summed E-state index contributed by atoms with van der Waals surface area (Å²) >= 11 is 0. The second kappa shape index (κ2) is 9.44. The van der Waals surface area contributed by atoms with Crippen LogP contribution in [0.15, 0.2) is 24.3 Å². The zero-order valence-corrected chi connectivity index (χ0v) is 18.4. The Balaban J connectivity index is 1.70. The van der Waals surface area contributed by atoms with E-state index in [1.807, 2.05) is 18.2 Å². The third-order valence-corrected chi connectivity index (χ3v) is 5.51. The van der Waals surface area contributed by atoms with Crippen LogP contribution in [0.2, 0.25) is 0 Å². The topological polar surface area (TPSA) is 59.4 Å². The Hall–Kier alpha value is -2.34. The largest absolute Gasteiger partial charge is 0.496 e. The van der Waals surface area contributed by atoms with Crippen LogP contribution in [0.25, 0.3) is 0 Å². The van der Waals surface area contributed by atoms with Crippen molar-refractivity contribution in [3.05, 3.63) is 46.8 Å². The van der Waals surface area contributed by atoms with Gasteiger partial charge in [0, 0.05) is 37.9 Å². The number of methoxy groups -OCH3 is 1. The molecule has 6 nitrogen and oxygen atoms in total. The zero-order chi connectivity index (χ0) is 21.0. The Morgan fingerprint density at radius 1 is 1.34 bits per heavy atom. The van der Waals surface area contributed by atoms with E-state index in [-0.39, 0.29) is 5.91 Å². The van der Waals surface area contributed by atoms with E-state index in [1.165, 1.54) is 11.3 Å². The van der Waals surface area contributed by atoms with Gasteiger partial charge in [-0.25, -0.2) is 0 Å². The monoisotopic (exact) mass is 398 g/mol. The maximum Gasteiger partial charge on any atom is 0.274 e. The van der Waals surface area contributed by atoms with Crippen molar-refractivity contribution in [1.82, 2.24) is 20.0 Å². The Morgan fingerprint density at radius 3 is 2.79 bits per heavy atom. The van der Waals surface area contributed by atoms with Crippen molar-refractivity contribution in [2.75, 3.05) is 27.7 Å². The second-order valence-corrected chi connectivity index (χ2v) is 8.51. The Morgan fingerprint density at radius 2 is 2.10 bits per heavy atom. The molecule has 1 amide bonds. The third-order valence-electron chi connectivity index (χ3n) is 5.51. The third kappa shape index (κ3) is 4.99. The summed E-state index contributed by atoms with van der Waals surface area (Å²) in [5.74, 6) is 1.44. The van der Waals surface area contributed by atoms with Crippen LogP contribution in [0.1, 0.15) is 47.6 Å². The van der Waals surface area contributed by atoms with Gasteiger partial charge in [-0.3, -0.25) is 9.48 Å². The summed E-state index contributed by atoms with van der Waals surface area (Å²) < 4.78 is 7.52. The number of aromatic nitrogens is 2. The van der Waals surface area contributed by atoms with Gasteiger partial charge in [0.2, 0.25) is 0 Å². The van der Waals surface area contributed by atoms with E-state index >= 15 is 0 Å². The fourth-order valence-electron chi connectivity index (χ4n) is 4.06. The van der Waals surface area contributed by atoms with Gasteiger partial charge in [0.15, 0.2) is 5.69 Å². The normalized spacial score (nSPS) is 16.0. The van der Waals surface area contributed by atoms with Crippen LogP contribution in [0.4, 0.5) is 0 Å². The van der Waals surface area contributed by atoms with E-state index in [2.05, 4.69) is 29.9 Å². The number of fused-ring (bicyclic) bond motifs is 1. The molecule has 0 aliphatic heterocycles. The highest BCUT2D eigenvalue weighted by molar-refractivity contribution is 5.93. The molecule has 0 radical (unpaired) electrons. The van der Waals surface area contributed by atoms with E-state index in [9.17, 15) is 4.79 Å². The molecule has 1 aromatic heterocycles. The summed E-state index contributed by atoms with van der Waals surface area (Å²) in [6.07, 6.45) is 3.80. The van der Waals surface area contributed by atoms with Gasteiger partial charge < -0.3 is 15.0 Å². The second-order valence-electron chi connectivity index (χ2n) is 8.51. The lowest BCUT2D eigenvalue weighted by atomic mass is 9.90. The van der Waals surface area contributed by atoms with Crippen LogP contribution in [-0.4, -0.2) is 54.4 Å². The predicted molar refractivity (Wildman–Crippen MR) is 116 cm³/mol. The maximum atomic E-state index is 12.7. The zero-order valence-electron chi connectivity index (χ0n) is 18.4. The molecular weight excluding hydrogens is 364 g/mol. The molecule has 6 heteroatoms. The van der Waals surface area contributed by atoms with Gasteiger partial charge >= 0.3 is 0 Å². The Bertz CT molecular complexity index is 841. The number of hydrogen-bond acceptors (Lipinski definition) is 4. The summed E-state index contributed by atoms with van der Waals surface area (Å²) in [6, 6.07) is 8.53. The standard InChI is InChI=1S/C23H34N4O2/c1-16(2)15-27-20-11-10-18(14-19(20)22(25-27)23(28)26(3)4)24-13-12-17-8-6-7-9-21(17)29-5/h6-9,16,18,24H,10-15H2,1-5H3. The number of hydrogen-bond donors (Lipinski definition) is 1. The number of ether oxygens (including phenoxy) is 1. The fourth-order valence-corrected chi connectivity index (χ4v) is 4.06. The lowest BCUT2D eigenvalue weighted by Gasteiger charge is -2.25. The van der Waals surface area contributed by atoms with Crippen LogP contribution in [0.3, 0.4) is 0 Å². The van der Waals surface area contributed by atoms with E-state index in [4.69, 9.17) is 9.84 Å². The van der Waals surface area contributed by atoms with Gasteiger partial charge in [-0.2, -0.15) is 5.10 Å². The molecule has 1 heterocycles. The molecule has 1 N–H and O–H groups in total. The van der Waals surface area contributed by atoms with E-state index < -0.39 is 0 Å². The molecule has 2 aromatic rings. The number of nitrogens with one attached hydrogen (secondary N) is 1. The highest BCUT2D eigenvalue weighted by atomic mass is 16.5. The molecule has 0 fully saturated rings. The number of para-hydroxylation sites is 1. The maximum absolute atomic E-state index is 12.7. The van der Waals surface area contributed by atoms with Crippen molar-refractivity contribution in [2.24, 2.45) is 5.92 Å². The van der Waals surface area contributed by atoms with Crippen molar-refractivity contribution < 1.29 is 9.53 Å². The minimum absolute atomic E-state index is 0.00146. The van der Waals surface area contributed by atoms with Crippen molar-refractivity contribution in [2.45, 2.75) is 52.1 Å². The molecule has 0 saturated carbocycles. The number of rotatable bonds is 8. The van der Waals surface area contributed by atoms with Crippen LogP contribution in [-0.2, 0) is 25.8 Å². The van der Waals surface area contributed by atoms with Gasteiger partial charge in [0.1, 0.15) is 5.75 Å². The molecule has 3 rings (SSSR count). The van der Waals surface area contributed by atoms with Crippen LogP contribution in [0, 0.1) is 5.92 Å². The van der Waals surface area contributed by atoms with Gasteiger partial charge in [-0.05, 0) is 49.8 Å². The average molecular weight is 399 g/mol. The minimum Gasteiger partial charge on any atom is -0.496 e. The van der Waals surface area contributed by atoms with Crippen LogP contribution < -0.4 is 10.1 Å². The molecule has 0 saturated heterocycles. The highest BCUT2D eigenvalue weighted by Gasteiger charge is 2.29. The number of carbonyl (C=O) groups is 1. The number of amides is 1. The van der Waals surface area contributed by atoms with Crippen LogP contribution in [0.5, 0.6) is 5.75 Å². The number of benzene rings is 1. The van der Waals surface area contributed by atoms with Gasteiger partial charge in [-0.1, -0.05) is 32.0 Å². The quantitative estimate of drug-likeness (QED) is 0.743. The first-order chi connectivity index (χ1) is 13.9. The van der Waals surface area contributed by atoms with Crippen molar-refractivity contribution >= 4 is 5.91 Å². The first kappa shape index (κ1) is 21.4. The lowest BCUT2D eigenvalue weighted by molar-refractivity contribution is 0.0819. The molecule has 1 aliphatic carbocycles. The molecule has 1 aromatic carbocycles. The molecule has 1 atom stereocenters. The summed E-state index contributed by atoms with van der Waals surface area (Å²) in [4.78, 5) is 14.3. The van der Waals surface area contributed by atoms with Crippen molar-refractivity contribution in [3.63, 3.8) is 0 Å². The average Bonchev–Trinajstić information content (AvgIpc) is 3.04. The van der Waals surface area contributed by atoms with Crippen LogP contribution >= 0.6 is 0 Å². The Kier molecular flexibility index (Phi) is 6.96. The van der Waals surface area contributed by atoms with E-state index in [0.717, 1.165) is 50.1 Å². The summed E-state index contributed by atoms with van der Waals surface area (Å²) in [5.41, 5.74) is 4.21. The number of carbonyl (C=O) groups excluding carboxylic acids is 1. The lowest BCUT2D eigenvalue weighted by Crippen LogP contribution is -2.37. The van der Waals surface area contributed by atoms with Gasteiger partial charge in [0.25, 0.3) is 5.91 Å².